The van der Waals surface area contributed by atoms with Gasteiger partial charge < -0.3 is 0 Å². The molecule has 0 aliphatic carbocycles. The van der Waals surface area contributed by atoms with Gasteiger partial charge in [-0.1, -0.05) is 0 Å². The number of nitriles is 1. The number of hydrogen-bond acceptors (Lipinski definition) is 5. The van der Waals surface area contributed by atoms with Crippen LogP contribution < -0.4 is 0 Å². The largest absolute Gasteiger partial charge is 0.230 e. The van der Waals surface area contributed by atoms with Gasteiger partial charge in [0.2, 0.25) is 5.13 Å². The minimum atomic E-state index is 0.567. The Bertz CT molecular complexity index is 504. The van der Waals surface area contributed by atoms with Gasteiger partial charge in [-0.3, -0.25) is 0 Å². The van der Waals surface area contributed by atoms with Gasteiger partial charge in [0.1, 0.15) is 11.9 Å². The van der Waals surface area contributed by atoms with E-state index < -0.39 is 0 Å². The molecule has 0 fully saturated rings. The molecule has 0 aliphatic rings. The molecular weight excluding hydrogens is 198 g/mol. The Hall–Kier alpha value is -1.74. The molecule has 5 nitrogen and oxygen atoms in total. The maximum Gasteiger partial charge on any atom is 0.230 e. The molecule has 70 valence electrons. The van der Waals surface area contributed by atoms with Crippen LogP contribution in [0.15, 0.2) is 6.20 Å². The Morgan fingerprint density at radius 3 is 2.79 bits per heavy atom. The van der Waals surface area contributed by atoms with Gasteiger partial charge in [-0.2, -0.15) is 14.7 Å². The topological polar surface area (TPSA) is 67.4 Å². The van der Waals surface area contributed by atoms with Gasteiger partial charge in [-0.15, -0.1) is 0 Å². The Balaban J connectivity index is 2.48. The van der Waals surface area contributed by atoms with Crippen LogP contribution in [0.5, 0.6) is 0 Å². The minimum Gasteiger partial charge on any atom is -0.211 e. The molecule has 0 bridgehead atoms. The average molecular weight is 205 g/mol. The lowest BCUT2D eigenvalue weighted by atomic mass is 10.3. The molecule has 6 heteroatoms. The van der Waals surface area contributed by atoms with Crippen LogP contribution in [-0.2, 0) is 0 Å². The molecule has 2 aromatic heterocycles. The van der Waals surface area contributed by atoms with Crippen LogP contribution in [-0.4, -0.2) is 19.1 Å². The fourth-order valence-corrected chi connectivity index (χ4v) is 1.65. The van der Waals surface area contributed by atoms with Gasteiger partial charge in [0, 0.05) is 11.5 Å². The first-order valence-electron chi connectivity index (χ1n) is 3.98. The summed E-state index contributed by atoms with van der Waals surface area (Å²) >= 11 is 1.27. The van der Waals surface area contributed by atoms with E-state index in [1.807, 2.05) is 6.92 Å². The Kier molecular flexibility index (Phi) is 2.02. The third-order valence-electron chi connectivity index (χ3n) is 1.73. The van der Waals surface area contributed by atoms with Crippen molar-refractivity contribution in [2.24, 2.45) is 0 Å². The van der Waals surface area contributed by atoms with Crippen molar-refractivity contribution in [3.8, 4) is 11.2 Å². The summed E-state index contributed by atoms with van der Waals surface area (Å²) in [6.07, 6.45) is 1.66. The van der Waals surface area contributed by atoms with Crippen molar-refractivity contribution in [2.45, 2.75) is 13.8 Å². The lowest BCUT2D eigenvalue weighted by Crippen LogP contribution is -1.93. The van der Waals surface area contributed by atoms with Crippen molar-refractivity contribution in [2.75, 3.05) is 0 Å². The zero-order valence-corrected chi connectivity index (χ0v) is 8.54. The van der Waals surface area contributed by atoms with E-state index in [-0.39, 0.29) is 0 Å². The minimum absolute atomic E-state index is 0.567. The van der Waals surface area contributed by atoms with Crippen molar-refractivity contribution in [1.82, 2.24) is 19.1 Å². The maximum absolute atomic E-state index is 8.75. The molecule has 0 radical (unpaired) electrons. The van der Waals surface area contributed by atoms with Gasteiger partial charge in [0.25, 0.3) is 0 Å². The highest BCUT2D eigenvalue weighted by Crippen LogP contribution is 2.12. The van der Waals surface area contributed by atoms with Crippen LogP contribution in [0.1, 0.15) is 17.1 Å². The third kappa shape index (κ3) is 1.38. The number of rotatable bonds is 1. The van der Waals surface area contributed by atoms with Crippen molar-refractivity contribution in [3.63, 3.8) is 0 Å². The molecule has 2 heterocycles. The highest BCUT2D eigenvalue weighted by Gasteiger charge is 2.08. The fraction of sp³-hybridized carbons (Fsp3) is 0.250. The quantitative estimate of drug-likeness (QED) is 0.701. The first-order chi connectivity index (χ1) is 6.70. The first kappa shape index (κ1) is 8.84. The molecule has 14 heavy (non-hydrogen) atoms. The molecule has 2 rings (SSSR count). The molecule has 0 unspecified atom stereocenters. The predicted octanol–water partition coefficient (Wildman–Crippen LogP) is 1.21. The monoisotopic (exact) mass is 205 g/mol. The second-order valence-corrected chi connectivity index (χ2v) is 3.54. The average Bonchev–Trinajstić information content (AvgIpc) is 2.71. The molecule has 0 saturated carbocycles. The lowest BCUT2D eigenvalue weighted by Gasteiger charge is -1.89. The molecular formula is C8H7N5S. The summed E-state index contributed by atoms with van der Waals surface area (Å²) in [6, 6.07) is 2.07. The molecule has 0 saturated heterocycles. The van der Waals surface area contributed by atoms with Gasteiger partial charge in [-0.05, 0) is 13.8 Å². The van der Waals surface area contributed by atoms with Gasteiger partial charge in [-0.25, -0.2) is 9.67 Å². The summed E-state index contributed by atoms with van der Waals surface area (Å²) in [4.78, 5) is 4.17. The smallest absolute Gasteiger partial charge is 0.211 e. The summed E-state index contributed by atoms with van der Waals surface area (Å²) in [6.45, 7) is 3.62. The first-order valence-corrected chi connectivity index (χ1v) is 4.75. The Morgan fingerprint density at radius 2 is 2.29 bits per heavy atom. The predicted molar refractivity (Wildman–Crippen MR) is 51.2 cm³/mol. The van der Waals surface area contributed by atoms with Gasteiger partial charge in [0.15, 0.2) is 0 Å². The zero-order valence-electron chi connectivity index (χ0n) is 7.72. The van der Waals surface area contributed by atoms with E-state index in [4.69, 9.17) is 5.26 Å². The third-order valence-corrected chi connectivity index (χ3v) is 2.53. The second-order valence-electron chi connectivity index (χ2n) is 2.81. The highest BCUT2D eigenvalue weighted by molar-refractivity contribution is 7.08. The fourth-order valence-electron chi connectivity index (χ4n) is 1.05. The SMILES string of the molecule is Cc1nsc(-n2cc(C#N)c(C)n2)n1. The van der Waals surface area contributed by atoms with Gasteiger partial charge in [0.05, 0.1) is 17.5 Å². The lowest BCUT2D eigenvalue weighted by molar-refractivity contribution is 0.848. The van der Waals surface area contributed by atoms with Gasteiger partial charge >= 0.3 is 0 Å². The summed E-state index contributed by atoms with van der Waals surface area (Å²) in [5.74, 6) is 0.719. The van der Waals surface area contributed by atoms with E-state index in [1.165, 1.54) is 11.5 Å². The Morgan fingerprint density at radius 1 is 1.50 bits per heavy atom. The van der Waals surface area contributed by atoms with Crippen LogP contribution in [0.2, 0.25) is 0 Å². The molecule has 0 atom stereocenters. The summed E-state index contributed by atoms with van der Waals surface area (Å²) < 4.78 is 5.63. The van der Waals surface area contributed by atoms with Crippen LogP contribution in [0.25, 0.3) is 5.13 Å². The van der Waals surface area contributed by atoms with Crippen molar-refractivity contribution in [3.05, 3.63) is 23.3 Å². The van der Waals surface area contributed by atoms with Crippen LogP contribution in [0.4, 0.5) is 0 Å². The summed E-state index contributed by atoms with van der Waals surface area (Å²) in [5.41, 5.74) is 1.28. The molecule has 0 amide bonds. The number of aryl methyl sites for hydroxylation is 2. The zero-order chi connectivity index (χ0) is 10.1. The van der Waals surface area contributed by atoms with Crippen molar-refractivity contribution >= 4 is 11.5 Å². The number of hydrogen-bond donors (Lipinski definition) is 0. The van der Waals surface area contributed by atoms with E-state index in [2.05, 4.69) is 20.5 Å². The summed E-state index contributed by atoms with van der Waals surface area (Å²) in [5, 5.41) is 13.6. The molecule has 0 N–H and O–H groups in total. The highest BCUT2D eigenvalue weighted by atomic mass is 32.1. The number of aromatic nitrogens is 4. The van der Waals surface area contributed by atoms with Crippen molar-refractivity contribution < 1.29 is 0 Å². The second kappa shape index (κ2) is 3.20. The molecule has 0 aliphatic heterocycles. The normalized spacial score (nSPS) is 10.1. The van der Waals surface area contributed by atoms with E-state index in [1.54, 1.807) is 17.8 Å². The maximum atomic E-state index is 8.75. The Labute approximate surface area is 84.8 Å². The number of nitrogens with zero attached hydrogens (tertiary/aromatic N) is 5. The standard InChI is InChI=1S/C8H7N5S/c1-5-7(3-9)4-13(11-5)8-10-6(2)12-14-8/h4H,1-2H3. The van der Waals surface area contributed by atoms with E-state index in [0.717, 1.165) is 5.82 Å². The van der Waals surface area contributed by atoms with E-state index in [0.29, 0.717) is 16.4 Å². The van der Waals surface area contributed by atoms with E-state index >= 15 is 0 Å². The molecule has 2 aromatic rings. The summed E-state index contributed by atoms with van der Waals surface area (Å²) in [7, 11) is 0. The molecule has 0 aromatic carbocycles. The van der Waals surface area contributed by atoms with Crippen LogP contribution in [0.3, 0.4) is 0 Å². The van der Waals surface area contributed by atoms with Crippen LogP contribution >= 0.6 is 11.5 Å². The van der Waals surface area contributed by atoms with Crippen LogP contribution in [0, 0.1) is 25.2 Å². The molecule has 0 spiro atoms. The van der Waals surface area contributed by atoms with E-state index in [9.17, 15) is 0 Å². The van der Waals surface area contributed by atoms with Crippen molar-refractivity contribution in [1.29, 1.82) is 5.26 Å².